The van der Waals surface area contributed by atoms with E-state index in [1.54, 1.807) is 12.1 Å². The van der Waals surface area contributed by atoms with E-state index in [-0.39, 0.29) is 11.4 Å². The second-order valence-corrected chi connectivity index (χ2v) is 6.18. The van der Waals surface area contributed by atoms with Crippen molar-refractivity contribution in [3.63, 3.8) is 0 Å². The van der Waals surface area contributed by atoms with Crippen LogP contribution in [0.25, 0.3) is 0 Å². The van der Waals surface area contributed by atoms with Crippen LogP contribution in [0.5, 0.6) is 5.75 Å². The molecule has 0 radical (unpaired) electrons. The summed E-state index contributed by atoms with van der Waals surface area (Å²) in [5, 5.41) is 10.6. The predicted molar refractivity (Wildman–Crippen MR) is 71.6 cm³/mol. The number of phenolic OH excluding ortho intramolecular Hbond substituents is 1. The van der Waals surface area contributed by atoms with Crippen molar-refractivity contribution in [1.29, 1.82) is 0 Å². The highest BCUT2D eigenvalue weighted by molar-refractivity contribution is 7.53. The van der Waals surface area contributed by atoms with Crippen molar-refractivity contribution in [2.75, 3.05) is 0 Å². The molecule has 0 aliphatic heterocycles. The Hall–Kier alpha value is -1.53. The first-order valence-electron chi connectivity index (χ1n) is 5.57. The molecule has 2 nitrogen and oxygen atoms in total. The van der Waals surface area contributed by atoms with Gasteiger partial charge in [0.2, 0.25) is 0 Å². The maximum atomic E-state index is 12.4. The van der Waals surface area contributed by atoms with Gasteiger partial charge in [-0.15, -0.1) is 0 Å². The molecule has 0 saturated carbocycles. The third-order valence-electron chi connectivity index (χ3n) is 2.85. The molecular formula is C14H15O2P. The van der Waals surface area contributed by atoms with Gasteiger partial charge >= 0.3 is 0 Å². The Morgan fingerprint density at radius 3 is 2.24 bits per heavy atom. The summed E-state index contributed by atoms with van der Waals surface area (Å²) in [6.07, 6.45) is 0. The Bertz CT molecular complexity index is 523. The summed E-state index contributed by atoms with van der Waals surface area (Å²) in [4.78, 5) is 0. The molecule has 0 aliphatic carbocycles. The van der Waals surface area contributed by atoms with Crippen LogP contribution in [-0.4, -0.2) is 5.11 Å². The molecule has 0 heterocycles. The van der Waals surface area contributed by atoms with Gasteiger partial charge in [-0.2, -0.15) is 0 Å². The molecule has 0 aromatic heterocycles. The van der Waals surface area contributed by atoms with Gasteiger partial charge in [-0.1, -0.05) is 55.5 Å². The first kappa shape index (κ1) is 11.9. The summed E-state index contributed by atoms with van der Waals surface area (Å²) >= 11 is 0. The van der Waals surface area contributed by atoms with Crippen molar-refractivity contribution in [1.82, 2.24) is 0 Å². The predicted octanol–water partition coefficient (Wildman–Crippen LogP) is 3.34. The summed E-state index contributed by atoms with van der Waals surface area (Å²) in [6.45, 7) is 1.89. The average molecular weight is 246 g/mol. The second-order valence-electron chi connectivity index (χ2n) is 4.01. The highest BCUT2D eigenvalue weighted by Gasteiger charge is 2.17. The normalized spacial score (nSPS) is 14.2. The van der Waals surface area contributed by atoms with Crippen molar-refractivity contribution in [3.8, 4) is 5.75 Å². The van der Waals surface area contributed by atoms with Gasteiger partial charge in [0.15, 0.2) is 0 Å². The van der Waals surface area contributed by atoms with E-state index in [1.807, 2.05) is 49.4 Å². The lowest BCUT2D eigenvalue weighted by Gasteiger charge is -2.13. The van der Waals surface area contributed by atoms with Gasteiger partial charge in [0.1, 0.15) is 13.6 Å². The van der Waals surface area contributed by atoms with Gasteiger partial charge in [0.25, 0.3) is 0 Å². The molecule has 0 amide bonds. The first-order valence-corrected chi connectivity index (χ1v) is 7.06. The van der Waals surface area contributed by atoms with Crippen molar-refractivity contribution in [3.05, 3.63) is 60.2 Å². The largest absolute Gasteiger partial charge is 0.508 e. The fourth-order valence-electron chi connectivity index (χ4n) is 1.85. The van der Waals surface area contributed by atoms with E-state index in [1.165, 1.54) is 0 Å². The molecule has 0 saturated heterocycles. The van der Waals surface area contributed by atoms with Gasteiger partial charge in [-0.05, 0) is 6.07 Å². The van der Waals surface area contributed by atoms with Crippen LogP contribution in [0.1, 0.15) is 18.1 Å². The minimum Gasteiger partial charge on any atom is -0.508 e. The molecule has 2 aromatic rings. The Morgan fingerprint density at radius 2 is 1.59 bits per heavy atom. The van der Waals surface area contributed by atoms with Gasteiger partial charge in [0.05, 0.1) is 0 Å². The monoisotopic (exact) mass is 246 g/mol. The molecule has 88 valence electrons. The van der Waals surface area contributed by atoms with E-state index < -0.39 is 7.80 Å². The standard InChI is InChI=1S/C14H15O2P/c1-11(13-9-5-6-10-14(13)15)17(16)12-7-3-2-4-8-12/h2-11,15,17H,1H3. The Kier molecular flexibility index (Phi) is 3.65. The lowest BCUT2D eigenvalue weighted by atomic mass is 10.1. The number of hydrogen-bond donors (Lipinski definition) is 1. The van der Waals surface area contributed by atoms with Crippen LogP contribution in [0.3, 0.4) is 0 Å². The molecule has 2 aromatic carbocycles. The van der Waals surface area contributed by atoms with Crippen LogP contribution >= 0.6 is 7.80 Å². The van der Waals surface area contributed by atoms with E-state index in [0.717, 1.165) is 10.9 Å². The molecular weight excluding hydrogens is 231 g/mol. The van der Waals surface area contributed by atoms with E-state index in [9.17, 15) is 9.67 Å². The second kappa shape index (κ2) is 5.20. The SMILES string of the molecule is CC(c1ccccc1O)[PH](=O)c1ccccc1. The Labute approximate surface area is 102 Å². The summed E-state index contributed by atoms with van der Waals surface area (Å²) in [5.74, 6) is 0.217. The minimum absolute atomic E-state index is 0.149. The minimum atomic E-state index is -1.93. The van der Waals surface area contributed by atoms with Crippen LogP contribution in [0, 0.1) is 0 Å². The van der Waals surface area contributed by atoms with Crippen LogP contribution < -0.4 is 5.30 Å². The van der Waals surface area contributed by atoms with Crippen molar-refractivity contribution in [2.45, 2.75) is 12.6 Å². The smallest absolute Gasteiger partial charge is 0.119 e. The van der Waals surface area contributed by atoms with Gasteiger partial charge < -0.3 is 9.67 Å². The fraction of sp³-hybridized carbons (Fsp3) is 0.143. The van der Waals surface area contributed by atoms with Gasteiger partial charge in [-0.25, -0.2) is 0 Å². The number of hydrogen-bond acceptors (Lipinski definition) is 2. The highest BCUT2D eigenvalue weighted by Crippen LogP contribution is 2.42. The Balaban J connectivity index is 2.30. The van der Waals surface area contributed by atoms with Crippen molar-refractivity contribution >= 4 is 13.1 Å². The van der Waals surface area contributed by atoms with E-state index in [4.69, 9.17) is 0 Å². The Morgan fingerprint density at radius 1 is 1.00 bits per heavy atom. The molecule has 0 bridgehead atoms. The van der Waals surface area contributed by atoms with Gasteiger partial charge in [0, 0.05) is 16.5 Å². The van der Waals surface area contributed by atoms with E-state index in [0.29, 0.717) is 0 Å². The maximum Gasteiger partial charge on any atom is 0.119 e. The topological polar surface area (TPSA) is 37.3 Å². The third-order valence-corrected chi connectivity index (χ3v) is 4.85. The fourth-order valence-corrected chi connectivity index (χ4v) is 3.39. The average Bonchev–Trinajstić information content (AvgIpc) is 2.39. The summed E-state index contributed by atoms with van der Waals surface area (Å²) in [5.41, 5.74) is 0.601. The quantitative estimate of drug-likeness (QED) is 0.843. The lowest BCUT2D eigenvalue weighted by Crippen LogP contribution is -2.00. The number of aromatic hydroxyl groups is 1. The van der Waals surface area contributed by atoms with E-state index >= 15 is 0 Å². The molecule has 1 N–H and O–H groups in total. The number of benzene rings is 2. The molecule has 17 heavy (non-hydrogen) atoms. The molecule has 2 atom stereocenters. The maximum absolute atomic E-state index is 12.4. The zero-order chi connectivity index (χ0) is 12.3. The van der Waals surface area contributed by atoms with Crippen LogP contribution in [0.4, 0.5) is 0 Å². The molecule has 2 unspecified atom stereocenters. The number of phenols is 1. The van der Waals surface area contributed by atoms with Crippen LogP contribution in [0.15, 0.2) is 54.6 Å². The molecule has 3 heteroatoms. The highest BCUT2D eigenvalue weighted by atomic mass is 31.1. The summed E-state index contributed by atoms with van der Waals surface area (Å²) in [7, 11) is -1.93. The number of para-hydroxylation sites is 1. The lowest BCUT2D eigenvalue weighted by molar-refractivity contribution is 0.467. The third kappa shape index (κ3) is 2.59. The molecule has 0 aliphatic rings. The van der Waals surface area contributed by atoms with E-state index in [2.05, 4.69) is 0 Å². The first-order chi connectivity index (χ1) is 8.20. The summed E-state index contributed by atoms with van der Waals surface area (Å²) in [6, 6.07) is 16.5. The molecule has 2 rings (SSSR count). The zero-order valence-corrected chi connectivity index (χ0v) is 10.6. The molecule has 0 fully saturated rings. The van der Waals surface area contributed by atoms with Crippen LogP contribution in [-0.2, 0) is 4.57 Å². The van der Waals surface area contributed by atoms with Crippen molar-refractivity contribution < 1.29 is 9.67 Å². The molecule has 0 spiro atoms. The zero-order valence-electron chi connectivity index (χ0n) is 9.63. The van der Waals surface area contributed by atoms with Gasteiger partial charge in [-0.3, -0.25) is 0 Å². The van der Waals surface area contributed by atoms with Crippen LogP contribution in [0.2, 0.25) is 0 Å². The van der Waals surface area contributed by atoms with Crippen molar-refractivity contribution in [2.24, 2.45) is 0 Å². The summed E-state index contributed by atoms with van der Waals surface area (Å²) < 4.78 is 12.4. The number of rotatable bonds is 3.